The van der Waals surface area contributed by atoms with Gasteiger partial charge in [0.2, 0.25) is 10.0 Å². The summed E-state index contributed by atoms with van der Waals surface area (Å²) in [5, 5.41) is 9.03. The molecular weight excluding hydrogens is 230 g/mol. The number of rotatable bonds is 5. The highest BCUT2D eigenvalue weighted by Gasteiger charge is 2.18. The van der Waals surface area contributed by atoms with Crippen molar-refractivity contribution in [2.24, 2.45) is 0 Å². The van der Waals surface area contributed by atoms with Gasteiger partial charge in [-0.25, -0.2) is 13.1 Å². The number of benzene rings is 1. The molecule has 16 heavy (non-hydrogen) atoms. The number of aliphatic hydroxyl groups excluding tert-OH is 1. The van der Waals surface area contributed by atoms with Crippen LogP contribution < -0.4 is 9.46 Å². The molecule has 0 aliphatic carbocycles. The summed E-state index contributed by atoms with van der Waals surface area (Å²) >= 11 is 0. The zero-order valence-corrected chi connectivity index (χ0v) is 9.99. The molecule has 0 radical (unpaired) electrons. The summed E-state index contributed by atoms with van der Waals surface area (Å²) in [4.78, 5) is 0.0677. The predicted octanol–water partition coefficient (Wildman–Crippen LogP) is 0.354. The first-order chi connectivity index (χ1) is 7.47. The maximum absolute atomic E-state index is 11.8. The van der Waals surface area contributed by atoms with Crippen LogP contribution in [0.4, 0.5) is 0 Å². The van der Waals surface area contributed by atoms with Gasteiger partial charge in [-0.1, -0.05) is 12.1 Å². The standard InChI is InChI=1S/C10H15NO4S/c1-8(12)7-11-16(13,14)10-6-4-3-5-9(10)15-2/h3-6,8,11-12H,7H2,1-2H3. The average molecular weight is 245 g/mol. The molecule has 90 valence electrons. The van der Waals surface area contributed by atoms with Crippen LogP contribution >= 0.6 is 0 Å². The van der Waals surface area contributed by atoms with E-state index in [0.29, 0.717) is 0 Å². The molecule has 0 heterocycles. The van der Waals surface area contributed by atoms with Crippen LogP contribution in [0.5, 0.6) is 5.75 Å². The van der Waals surface area contributed by atoms with Crippen LogP contribution in [0.25, 0.3) is 0 Å². The molecule has 0 aliphatic rings. The number of hydrogen-bond donors (Lipinski definition) is 2. The molecular formula is C10H15NO4S. The molecule has 5 nitrogen and oxygen atoms in total. The third kappa shape index (κ3) is 3.19. The van der Waals surface area contributed by atoms with Gasteiger partial charge >= 0.3 is 0 Å². The number of para-hydroxylation sites is 1. The van der Waals surface area contributed by atoms with Crippen LogP contribution in [0.15, 0.2) is 29.2 Å². The van der Waals surface area contributed by atoms with Gasteiger partial charge in [-0.05, 0) is 19.1 Å². The van der Waals surface area contributed by atoms with Gasteiger partial charge in [0.05, 0.1) is 13.2 Å². The van der Waals surface area contributed by atoms with Crippen molar-refractivity contribution in [3.8, 4) is 5.75 Å². The van der Waals surface area contributed by atoms with Crippen molar-refractivity contribution in [1.82, 2.24) is 4.72 Å². The Bertz CT molecular complexity index is 442. The van der Waals surface area contributed by atoms with Crippen molar-refractivity contribution in [2.45, 2.75) is 17.9 Å². The molecule has 1 atom stereocenters. The van der Waals surface area contributed by atoms with E-state index in [1.807, 2.05) is 0 Å². The molecule has 0 amide bonds. The number of nitrogens with one attached hydrogen (secondary N) is 1. The summed E-state index contributed by atoms with van der Waals surface area (Å²) < 4.78 is 30.9. The number of methoxy groups -OCH3 is 1. The van der Waals surface area contributed by atoms with Crippen molar-refractivity contribution in [3.63, 3.8) is 0 Å². The molecule has 2 N–H and O–H groups in total. The molecule has 0 aromatic heterocycles. The van der Waals surface area contributed by atoms with E-state index < -0.39 is 16.1 Å². The van der Waals surface area contributed by atoms with Crippen molar-refractivity contribution in [3.05, 3.63) is 24.3 Å². The molecule has 0 fully saturated rings. The monoisotopic (exact) mass is 245 g/mol. The number of aliphatic hydroxyl groups is 1. The topological polar surface area (TPSA) is 75.6 Å². The van der Waals surface area contributed by atoms with Gasteiger partial charge in [0.1, 0.15) is 10.6 Å². The second kappa shape index (κ2) is 5.29. The average Bonchev–Trinajstić information content (AvgIpc) is 2.26. The minimum atomic E-state index is -3.63. The minimum absolute atomic E-state index is 0.0274. The number of ether oxygens (including phenoxy) is 1. The van der Waals surface area contributed by atoms with E-state index in [-0.39, 0.29) is 17.2 Å². The Hall–Kier alpha value is -1.11. The van der Waals surface area contributed by atoms with Crippen LogP contribution in [0.1, 0.15) is 6.92 Å². The maximum Gasteiger partial charge on any atom is 0.244 e. The van der Waals surface area contributed by atoms with Gasteiger partial charge in [-0.3, -0.25) is 0 Å². The maximum atomic E-state index is 11.8. The molecule has 1 unspecified atom stereocenters. The Balaban J connectivity index is 2.98. The summed E-state index contributed by atoms with van der Waals surface area (Å²) in [6.07, 6.45) is -0.732. The molecule has 0 bridgehead atoms. The first-order valence-corrected chi connectivity index (χ1v) is 6.26. The number of sulfonamides is 1. The smallest absolute Gasteiger partial charge is 0.244 e. The lowest BCUT2D eigenvalue weighted by atomic mass is 10.3. The van der Waals surface area contributed by atoms with E-state index in [2.05, 4.69) is 4.72 Å². The summed E-state index contributed by atoms with van der Waals surface area (Å²) in [6.45, 7) is 1.48. The highest BCUT2D eigenvalue weighted by molar-refractivity contribution is 7.89. The van der Waals surface area contributed by atoms with Gasteiger partial charge < -0.3 is 9.84 Å². The normalized spacial score (nSPS) is 13.4. The molecule has 6 heteroatoms. The molecule has 1 aromatic carbocycles. The van der Waals surface area contributed by atoms with Crippen LogP contribution in [-0.2, 0) is 10.0 Å². The third-order valence-electron chi connectivity index (χ3n) is 1.93. The lowest BCUT2D eigenvalue weighted by Crippen LogP contribution is -2.30. The molecule has 0 spiro atoms. The quantitative estimate of drug-likeness (QED) is 0.785. The van der Waals surface area contributed by atoms with Crippen LogP contribution in [0.3, 0.4) is 0 Å². The summed E-state index contributed by atoms with van der Waals surface area (Å²) in [5.74, 6) is 0.278. The van der Waals surface area contributed by atoms with Crippen molar-refractivity contribution in [2.75, 3.05) is 13.7 Å². The fraction of sp³-hybridized carbons (Fsp3) is 0.400. The highest BCUT2D eigenvalue weighted by atomic mass is 32.2. The van der Waals surface area contributed by atoms with Gasteiger partial charge in [-0.15, -0.1) is 0 Å². The van der Waals surface area contributed by atoms with Crippen molar-refractivity contribution < 1.29 is 18.3 Å². The van der Waals surface area contributed by atoms with E-state index in [0.717, 1.165) is 0 Å². The van der Waals surface area contributed by atoms with Crippen molar-refractivity contribution in [1.29, 1.82) is 0 Å². The van der Waals surface area contributed by atoms with E-state index >= 15 is 0 Å². The van der Waals surface area contributed by atoms with Crippen LogP contribution in [0.2, 0.25) is 0 Å². The SMILES string of the molecule is COc1ccccc1S(=O)(=O)NCC(C)O. The molecule has 0 aliphatic heterocycles. The Morgan fingerprint density at radius 2 is 2.06 bits per heavy atom. The van der Waals surface area contributed by atoms with Crippen LogP contribution in [-0.4, -0.2) is 33.3 Å². The number of hydrogen-bond acceptors (Lipinski definition) is 4. The van der Waals surface area contributed by atoms with E-state index in [1.165, 1.54) is 20.1 Å². The largest absolute Gasteiger partial charge is 0.495 e. The van der Waals surface area contributed by atoms with E-state index in [1.54, 1.807) is 18.2 Å². The highest BCUT2D eigenvalue weighted by Crippen LogP contribution is 2.22. The fourth-order valence-corrected chi connectivity index (χ4v) is 2.44. The zero-order chi connectivity index (χ0) is 12.2. The fourth-order valence-electron chi connectivity index (χ4n) is 1.15. The third-order valence-corrected chi connectivity index (χ3v) is 3.39. The van der Waals surface area contributed by atoms with Gasteiger partial charge in [-0.2, -0.15) is 0 Å². The lowest BCUT2D eigenvalue weighted by Gasteiger charge is -2.11. The molecule has 1 rings (SSSR count). The van der Waals surface area contributed by atoms with Crippen LogP contribution in [0, 0.1) is 0 Å². The Morgan fingerprint density at radius 1 is 1.44 bits per heavy atom. The second-order valence-corrected chi connectivity index (χ2v) is 5.09. The first kappa shape index (κ1) is 13.0. The Labute approximate surface area is 95.1 Å². The molecule has 0 saturated heterocycles. The zero-order valence-electron chi connectivity index (χ0n) is 9.17. The Kier molecular flexibility index (Phi) is 4.28. The minimum Gasteiger partial charge on any atom is -0.495 e. The van der Waals surface area contributed by atoms with Gasteiger partial charge in [0.25, 0.3) is 0 Å². The lowest BCUT2D eigenvalue weighted by molar-refractivity contribution is 0.198. The van der Waals surface area contributed by atoms with Gasteiger partial charge in [0, 0.05) is 6.54 Å². The molecule has 1 aromatic rings. The Morgan fingerprint density at radius 3 is 2.62 bits per heavy atom. The summed E-state index contributed by atoms with van der Waals surface area (Å²) in [7, 11) is -2.23. The second-order valence-electron chi connectivity index (χ2n) is 3.35. The van der Waals surface area contributed by atoms with E-state index in [9.17, 15) is 8.42 Å². The van der Waals surface area contributed by atoms with Gasteiger partial charge in [0.15, 0.2) is 0 Å². The predicted molar refractivity (Wildman–Crippen MR) is 59.9 cm³/mol. The van der Waals surface area contributed by atoms with Crippen molar-refractivity contribution >= 4 is 10.0 Å². The first-order valence-electron chi connectivity index (χ1n) is 4.78. The summed E-state index contributed by atoms with van der Waals surface area (Å²) in [6, 6.07) is 6.31. The van der Waals surface area contributed by atoms with E-state index in [4.69, 9.17) is 9.84 Å². The molecule has 0 saturated carbocycles. The summed E-state index contributed by atoms with van der Waals surface area (Å²) in [5.41, 5.74) is 0.